The average molecular weight is 812 g/mol. The van der Waals surface area contributed by atoms with Crippen molar-refractivity contribution in [3.63, 3.8) is 0 Å². The first-order valence-corrected chi connectivity index (χ1v) is 20.2. The predicted octanol–water partition coefficient (Wildman–Crippen LogP) is 5.51. The van der Waals surface area contributed by atoms with E-state index < -0.39 is 36.4 Å². The summed E-state index contributed by atoms with van der Waals surface area (Å²) in [7, 11) is 2.49. The number of carbonyl (C=O) groups excluding carboxylic acids is 6. The second-order valence-corrected chi connectivity index (χ2v) is 15.7. The van der Waals surface area contributed by atoms with Gasteiger partial charge in [-0.3, -0.25) is 19.2 Å². The number of rotatable bonds is 15. The summed E-state index contributed by atoms with van der Waals surface area (Å²) in [4.78, 5) is 82.9. The van der Waals surface area contributed by atoms with Gasteiger partial charge in [0.2, 0.25) is 23.6 Å². The summed E-state index contributed by atoms with van der Waals surface area (Å²) in [6.45, 7) is 9.31. The Hall–Kier alpha value is -6.12. The number of benzene rings is 3. The Balaban J connectivity index is 1.20. The van der Waals surface area contributed by atoms with Crippen LogP contribution < -0.4 is 26.2 Å². The quantitative estimate of drug-likeness (QED) is 0.154. The Labute approximate surface area is 346 Å². The zero-order valence-corrected chi connectivity index (χ0v) is 34.7. The van der Waals surface area contributed by atoms with Crippen molar-refractivity contribution in [2.75, 3.05) is 42.8 Å². The highest BCUT2D eigenvalue weighted by atomic mass is 16.5. The Morgan fingerprint density at radius 2 is 1.00 bits per heavy atom. The molecule has 2 fully saturated rings. The van der Waals surface area contributed by atoms with Gasteiger partial charge in [-0.1, -0.05) is 70.2 Å². The van der Waals surface area contributed by atoms with E-state index in [1.165, 1.54) is 14.2 Å². The number of carbonyl (C=O) groups is 6. The molecule has 0 unspecified atom stereocenters. The molecule has 0 spiro atoms. The Bertz CT molecular complexity index is 1800. The van der Waals surface area contributed by atoms with E-state index in [0.29, 0.717) is 63.2 Å². The number of hydrogen-bond acceptors (Lipinski definition) is 9. The third kappa shape index (κ3) is 11.5. The zero-order chi connectivity index (χ0) is 42.6. The van der Waals surface area contributed by atoms with Crippen molar-refractivity contribution in [1.82, 2.24) is 20.4 Å². The van der Waals surface area contributed by atoms with Crippen LogP contribution in [0.25, 0.3) is 0 Å². The Kier molecular flexibility index (Phi) is 15.3. The van der Waals surface area contributed by atoms with Gasteiger partial charge in [-0.15, -0.1) is 0 Å². The molecule has 5 rings (SSSR count). The number of hydrogen-bond donors (Lipinski definition) is 4. The molecule has 59 heavy (non-hydrogen) atoms. The van der Waals surface area contributed by atoms with Crippen molar-refractivity contribution in [3.05, 3.63) is 90.0 Å². The fourth-order valence-electron chi connectivity index (χ4n) is 7.52. The second-order valence-electron chi connectivity index (χ2n) is 15.7. The van der Waals surface area contributed by atoms with Gasteiger partial charge in [-0.25, -0.2) is 9.59 Å². The summed E-state index contributed by atoms with van der Waals surface area (Å²) in [6.07, 6.45) is 1.01. The minimum Gasteiger partial charge on any atom is -0.453 e. The lowest BCUT2D eigenvalue weighted by molar-refractivity contribution is -0.139. The van der Waals surface area contributed by atoms with Gasteiger partial charge in [0.1, 0.15) is 24.2 Å². The van der Waals surface area contributed by atoms with Crippen LogP contribution in [-0.2, 0) is 41.7 Å². The van der Waals surface area contributed by atoms with Crippen LogP contribution in [0.5, 0.6) is 0 Å². The lowest BCUT2D eigenvalue weighted by Gasteiger charge is -2.30. The third-order valence-electron chi connectivity index (χ3n) is 10.8. The summed E-state index contributed by atoms with van der Waals surface area (Å²) >= 11 is 0. The highest BCUT2D eigenvalue weighted by Crippen LogP contribution is 2.26. The van der Waals surface area contributed by atoms with Crippen molar-refractivity contribution in [2.45, 2.75) is 90.6 Å². The molecule has 6 amide bonds. The molecule has 15 heteroatoms. The summed E-state index contributed by atoms with van der Waals surface area (Å²) in [5.41, 5.74) is 4.26. The van der Waals surface area contributed by atoms with E-state index in [1.807, 2.05) is 107 Å². The Morgan fingerprint density at radius 1 is 0.610 bits per heavy atom. The maximum absolute atomic E-state index is 13.5. The largest absolute Gasteiger partial charge is 0.453 e. The van der Waals surface area contributed by atoms with Crippen molar-refractivity contribution >= 4 is 52.9 Å². The lowest BCUT2D eigenvalue weighted by atomic mass is 10.0. The van der Waals surface area contributed by atoms with Gasteiger partial charge in [0.15, 0.2) is 0 Å². The standard InChI is InChI=1S/C44H57N7O8/c1-28(2)37(47-43(56)58-5)41(54)50-24-10-14-35(50)39(52)45-32-20-16-30(17-21-32)26-49(34-12-8-7-9-13-34)27-31-18-22-33(23-19-31)46-40(53)36-15-11-25-51(36)42(55)38(29(3)4)48-44(57)59-6/h7-9,12-13,16-23,28-29,35-38H,10-11,14-15,24-27H2,1-6H3,(H,45,52)(H,46,53)(H,47,56)(H,48,57)/t35-,36-,37-,38-/m0/s1. The van der Waals surface area contributed by atoms with Crippen molar-refractivity contribution < 1.29 is 38.2 Å². The fraction of sp³-hybridized carbons (Fsp3) is 0.455. The number of para-hydroxylation sites is 1. The zero-order valence-electron chi connectivity index (χ0n) is 34.7. The van der Waals surface area contributed by atoms with Crippen LogP contribution in [0.2, 0.25) is 0 Å². The molecular weight excluding hydrogens is 755 g/mol. The van der Waals surface area contributed by atoms with E-state index in [-0.39, 0.29) is 35.5 Å². The maximum Gasteiger partial charge on any atom is 0.407 e. The molecule has 0 radical (unpaired) electrons. The van der Waals surface area contributed by atoms with Crippen LogP contribution in [0.15, 0.2) is 78.9 Å². The number of nitrogens with one attached hydrogen (secondary N) is 4. The van der Waals surface area contributed by atoms with E-state index in [9.17, 15) is 28.8 Å². The van der Waals surface area contributed by atoms with Gasteiger partial charge >= 0.3 is 12.2 Å². The van der Waals surface area contributed by atoms with Crippen molar-refractivity contribution in [3.8, 4) is 0 Å². The molecule has 3 aromatic rings. The van der Waals surface area contributed by atoms with Crippen LogP contribution in [0, 0.1) is 11.8 Å². The molecule has 4 atom stereocenters. The van der Waals surface area contributed by atoms with Crippen LogP contribution in [0.4, 0.5) is 26.7 Å². The number of amides is 6. The van der Waals surface area contributed by atoms with Crippen molar-refractivity contribution in [2.24, 2.45) is 11.8 Å². The topological polar surface area (TPSA) is 179 Å². The van der Waals surface area contributed by atoms with E-state index in [0.717, 1.165) is 16.8 Å². The van der Waals surface area contributed by atoms with Gasteiger partial charge in [-0.2, -0.15) is 0 Å². The number of likely N-dealkylation sites (tertiary alicyclic amines) is 2. The number of ether oxygens (including phenoxy) is 2. The number of methoxy groups -OCH3 is 2. The van der Waals surface area contributed by atoms with E-state index in [1.54, 1.807) is 9.80 Å². The molecule has 2 heterocycles. The van der Waals surface area contributed by atoms with Gasteiger partial charge in [0.05, 0.1) is 14.2 Å². The van der Waals surface area contributed by atoms with Gasteiger partial charge in [0, 0.05) is 43.2 Å². The minimum absolute atomic E-state index is 0.197. The van der Waals surface area contributed by atoms with Crippen LogP contribution in [-0.4, -0.2) is 97.1 Å². The SMILES string of the molecule is COC(=O)N[C@H](C(=O)N1CCC[C@H]1C(=O)Nc1ccc(CN(Cc2ccc(NC(=O)[C@@H]3CCCN3C(=O)[C@@H](NC(=O)OC)C(C)C)cc2)c2ccccc2)cc1)C(C)C. The number of alkyl carbamates (subject to hydrolysis) is 2. The van der Waals surface area contributed by atoms with Crippen molar-refractivity contribution in [1.29, 1.82) is 0 Å². The first-order valence-electron chi connectivity index (χ1n) is 20.2. The lowest BCUT2D eigenvalue weighted by Crippen LogP contribution is -2.54. The summed E-state index contributed by atoms with van der Waals surface area (Å²) in [6, 6.07) is 22.3. The second kappa shape index (κ2) is 20.5. The Morgan fingerprint density at radius 3 is 1.36 bits per heavy atom. The van der Waals surface area contributed by atoms with Crippen LogP contribution in [0.3, 0.4) is 0 Å². The first-order chi connectivity index (χ1) is 28.3. The first kappa shape index (κ1) is 44.0. The molecule has 15 nitrogen and oxygen atoms in total. The summed E-state index contributed by atoms with van der Waals surface area (Å²) < 4.78 is 9.42. The van der Waals surface area contributed by atoms with E-state index >= 15 is 0 Å². The average Bonchev–Trinajstić information content (AvgIpc) is 3.94. The van der Waals surface area contributed by atoms with Gasteiger partial charge in [0.25, 0.3) is 0 Å². The van der Waals surface area contributed by atoms with E-state index in [4.69, 9.17) is 9.47 Å². The molecule has 3 aromatic carbocycles. The molecule has 4 N–H and O–H groups in total. The highest BCUT2D eigenvalue weighted by Gasteiger charge is 2.40. The minimum atomic E-state index is -0.809. The molecule has 0 aromatic heterocycles. The molecule has 316 valence electrons. The normalized spacial score (nSPS) is 17.2. The third-order valence-corrected chi connectivity index (χ3v) is 10.8. The molecule has 2 aliphatic rings. The van der Waals surface area contributed by atoms with Crippen LogP contribution >= 0.6 is 0 Å². The van der Waals surface area contributed by atoms with Crippen LogP contribution in [0.1, 0.15) is 64.5 Å². The molecule has 0 bridgehead atoms. The summed E-state index contributed by atoms with van der Waals surface area (Å²) in [5.74, 6) is -1.58. The van der Waals surface area contributed by atoms with Gasteiger partial charge in [-0.05, 0) is 85.0 Å². The molecule has 2 saturated heterocycles. The van der Waals surface area contributed by atoms with E-state index in [2.05, 4.69) is 26.2 Å². The highest BCUT2D eigenvalue weighted by molar-refractivity contribution is 5.99. The smallest absolute Gasteiger partial charge is 0.407 e. The fourth-order valence-corrected chi connectivity index (χ4v) is 7.52. The molecular formula is C44H57N7O8. The summed E-state index contributed by atoms with van der Waals surface area (Å²) in [5, 5.41) is 11.2. The monoisotopic (exact) mass is 811 g/mol. The molecule has 2 aliphatic heterocycles. The molecule has 0 saturated carbocycles. The number of nitrogens with zero attached hydrogens (tertiary/aromatic N) is 3. The predicted molar refractivity (Wildman–Crippen MR) is 224 cm³/mol. The number of anilines is 3. The maximum atomic E-state index is 13.5. The van der Waals surface area contributed by atoms with Gasteiger partial charge < -0.3 is 45.4 Å². The molecule has 0 aliphatic carbocycles.